The summed E-state index contributed by atoms with van der Waals surface area (Å²) in [5.74, 6) is 0.535. The van der Waals surface area contributed by atoms with Gasteiger partial charge in [-0.1, -0.05) is 6.07 Å². The lowest BCUT2D eigenvalue weighted by Crippen LogP contribution is -2.43. The molecule has 2 nitrogen and oxygen atoms in total. The molecule has 0 atom stereocenters. The summed E-state index contributed by atoms with van der Waals surface area (Å²) >= 11 is 7.09. The van der Waals surface area contributed by atoms with Crippen molar-refractivity contribution in [3.63, 3.8) is 0 Å². The Bertz CT molecular complexity index is 295. The van der Waals surface area contributed by atoms with E-state index in [4.69, 9.17) is 11.6 Å². The molecule has 1 N–H and O–H groups in total. The third-order valence-corrected chi connectivity index (χ3v) is 2.97. The summed E-state index contributed by atoms with van der Waals surface area (Å²) in [4.78, 5) is 12.4. The molecule has 0 spiro atoms. The zero-order valence-electron chi connectivity index (χ0n) is 8.34. The van der Waals surface area contributed by atoms with Crippen LogP contribution in [0.5, 0.6) is 0 Å². The van der Waals surface area contributed by atoms with Gasteiger partial charge in [0.2, 0.25) is 0 Å². The summed E-state index contributed by atoms with van der Waals surface area (Å²) < 4.78 is 0. The van der Waals surface area contributed by atoms with Crippen LogP contribution in [0.4, 0.5) is 0 Å². The van der Waals surface area contributed by atoms with Gasteiger partial charge in [0.05, 0.1) is 4.88 Å². The number of alkyl halides is 1. The second kappa shape index (κ2) is 4.80. The first-order chi connectivity index (χ1) is 6.55. The predicted octanol–water partition coefficient (Wildman–Crippen LogP) is 2.89. The first kappa shape index (κ1) is 11.5. The van der Waals surface area contributed by atoms with E-state index in [0.29, 0.717) is 5.88 Å². The van der Waals surface area contributed by atoms with E-state index in [2.05, 4.69) is 5.32 Å². The largest absolute Gasteiger partial charge is 0.346 e. The van der Waals surface area contributed by atoms with Gasteiger partial charge in [-0.05, 0) is 31.7 Å². The van der Waals surface area contributed by atoms with Gasteiger partial charge in [-0.2, -0.15) is 0 Å². The van der Waals surface area contributed by atoms with E-state index in [1.54, 1.807) is 0 Å². The molecule has 0 aliphatic heterocycles. The van der Waals surface area contributed by atoms with Crippen molar-refractivity contribution in [3.05, 3.63) is 22.4 Å². The quantitative estimate of drug-likeness (QED) is 0.794. The molecular weight excluding hydrogens is 218 g/mol. The molecule has 0 aromatic carbocycles. The standard InChI is InChI=1S/C10H14ClNOS/c1-10(2,5-6-11)12-9(13)8-4-3-7-14-8/h3-4,7H,5-6H2,1-2H3,(H,12,13). The van der Waals surface area contributed by atoms with Crippen molar-refractivity contribution >= 4 is 28.8 Å². The van der Waals surface area contributed by atoms with Crippen LogP contribution in [-0.4, -0.2) is 17.3 Å². The number of hydrogen-bond acceptors (Lipinski definition) is 2. The maximum Gasteiger partial charge on any atom is 0.261 e. The van der Waals surface area contributed by atoms with Crippen LogP contribution in [0.25, 0.3) is 0 Å². The van der Waals surface area contributed by atoms with Crippen molar-refractivity contribution in [1.29, 1.82) is 0 Å². The lowest BCUT2D eigenvalue weighted by molar-refractivity contribution is 0.0916. The van der Waals surface area contributed by atoms with Crippen LogP contribution in [0, 0.1) is 0 Å². The van der Waals surface area contributed by atoms with Crippen LogP contribution in [-0.2, 0) is 0 Å². The van der Waals surface area contributed by atoms with Crippen LogP contribution in [0.1, 0.15) is 29.9 Å². The minimum Gasteiger partial charge on any atom is -0.346 e. The second-order valence-electron chi connectivity index (χ2n) is 3.75. The Kier molecular flexibility index (Phi) is 3.96. The predicted molar refractivity (Wildman–Crippen MR) is 61.2 cm³/mol. The first-order valence-corrected chi connectivity index (χ1v) is 5.88. The number of amides is 1. The molecule has 0 saturated heterocycles. The minimum atomic E-state index is -0.233. The molecule has 1 aromatic rings. The summed E-state index contributed by atoms with van der Waals surface area (Å²) in [7, 11) is 0. The number of thiophene rings is 1. The number of hydrogen-bond donors (Lipinski definition) is 1. The van der Waals surface area contributed by atoms with E-state index in [1.807, 2.05) is 31.4 Å². The summed E-state index contributed by atoms with van der Waals surface area (Å²) in [6.45, 7) is 3.95. The summed E-state index contributed by atoms with van der Waals surface area (Å²) in [6, 6.07) is 3.69. The lowest BCUT2D eigenvalue weighted by Gasteiger charge is -2.24. The zero-order chi connectivity index (χ0) is 10.6. The molecular formula is C10H14ClNOS. The maximum atomic E-state index is 11.7. The molecule has 78 valence electrons. The highest BCUT2D eigenvalue weighted by molar-refractivity contribution is 7.12. The number of nitrogens with one attached hydrogen (secondary N) is 1. The topological polar surface area (TPSA) is 29.1 Å². The third-order valence-electron chi connectivity index (χ3n) is 1.92. The average Bonchev–Trinajstić information content (AvgIpc) is 2.53. The van der Waals surface area contributed by atoms with E-state index >= 15 is 0 Å². The number of carbonyl (C=O) groups is 1. The fraction of sp³-hybridized carbons (Fsp3) is 0.500. The van der Waals surface area contributed by atoms with E-state index < -0.39 is 0 Å². The van der Waals surface area contributed by atoms with Crippen LogP contribution >= 0.6 is 22.9 Å². The molecule has 0 fully saturated rings. The smallest absolute Gasteiger partial charge is 0.261 e. The second-order valence-corrected chi connectivity index (χ2v) is 5.08. The summed E-state index contributed by atoms with van der Waals surface area (Å²) in [6.07, 6.45) is 0.770. The number of carbonyl (C=O) groups excluding carboxylic acids is 1. The molecule has 0 unspecified atom stereocenters. The number of rotatable bonds is 4. The molecule has 0 radical (unpaired) electrons. The molecule has 1 heterocycles. The molecule has 1 rings (SSSR count). The Labute approximate surface area is 93.3 Å². The Morgan fingerprint density at radius 2 is 2.36 bits per heavy atom. The van der Waals surface area contributed by atoms with Crippen LogP contribution < -0.4 is 5.32 Å². The lowest BCUT2D eigenvalue weighted by atomic mass is 10.0. The van der Waals surface area contributed by atoms with Crippen LogP contribution in [0.2, 0.25) is 0 Å². The van der Waals surface area contributed by atoms with Crippen molar-refractivity contribution in [1.82, 2.24) is 5.32 Å². The molecule has 14 heavy (non-hydrogen) atoms. The van der Waals surface area contributed by atoms with Gasteiger partial charge in [0.1, 0.15) is 0 Å². The third kappa shape index (κ3) is 3.31. The molecule has 4 heteroatoms. The Morgan fingerprint density at radius 3 is 2.86 bits per heavy atom. The van der Waals surface area contributed by atoms with Gasteiger partial charge in [0.25, 0.3) is 5.91 Å². The first-order valence-electron chi connectivity index (χ1n) is 4.47. The highest BCUT2D eigenvalue weighted by Gasteiger charge is 2.20. The minimum absolute atomic E-state index is 0.0184. The summed E-state index contributed by atoms with van der Waals surface area (Å²) in [5.41, 5.74) is -0.233. The van der Waals surface area contributed by atoms with Crippen molar-refractivity contribution in [2.45, 2.75) is 25.8 Å². The molecule has 0 aliphatic rings. The van der Waals surface area contributed by atoms with Gasteiger partial charge >= 0.3 is 0 Å². The van der Waals surface area contributed by atoms with Gasteiger partial charge in [-0.15, -0.1) is 22.9 Å². The molecule has 0 saturated carbocycles. The zero-order valence-corrected chi connectivity index (χ0v) is 9.91. The van der Waals surface area contributed by atoms with E-state index in [9.17, 15) is 4.79 Å². The number of halogens is 1. The molecule has 1 aromatic heterocycles. The molecule has 0 bridgehead atoms. The van der Waals surface area contributed by atoms with Gasteiger partial charge in [0, 0.05) is 11.4 Å². The fourth-order valence-corrected chi connectivity index (χ4v) is 2.17. The van der Waals surface area contributed by atoms with Crippen LogP contribution in [0.3, 0.4) is 0 Å². The molecule has 0 aliphatic carbocycles. The van der Waals surface area contributed by atoms with E-state index in [-0.39, 0.29) is 11.4 Å². The van der Waals surface area contributed by atoms with Crippen molar-refractivity contribution in [2.75, 3.05) is 5.88 Å². The highest BCUT2D eigenvalue weighted by atomic mass is 35.5. The average molecular weight is 232 g/mol. The van der Waals surface area contributed by atoms with Crippen molar-refractivity contribution in [3.8, 4) is 0 Å². The Morgan fingerprint density at radius 1 is 1.64 bits per heavy atom. The molecule has 1 amide bonds. The monoisotopic (exact) mass is 231 g/mol. The van der Waals surface area contributed by atoms with E-state index in [0.717, 1.165) is 11.3 Å². The van der Waals surface area contributed by atoms with Gasteiger partial charge in [0.15, 0.2) is 0 Å². The maximum absolute atomic E-state index is 11.7. The summed E-state index contributed by atoms with van der Waals surface area (Å²) in [5, 5.41) is 4.84. The van der Waals surface area contributed by atoms with Gasteiger partial charge < -0.3 is 5.32 Å². The normalized spacial score (nSPS) is 11.4. The Hall–Kier alpha value is -0.540. The fourth-order valence-electron chi connectivity index (χ4n) is 1.08. The van der Waals surface area contributed by atoms with Gasteiger partial charge in [-0.25, -0.2) is 0 Å². The highest BCUT2D eigenvalue weighted by Crippen LogP contribution is 2.13. The van der Waals surface area contributed by atoms with E-state index in [1.165, 1.54) is 11.3 Å². The Balaban J connectivity index is 2.57. The van der Waals surface area contributed by atoms with Crippen LogP contribution in [0.15, 0.2) is 17.5 Å². The van der Waals surface area contributed by atoms with Crippen molar-refractivity contribution in [2.24, 2.45) is 0 Å². The van der Waals surface area contributed by atoms with Gasteiger partial charge in [-0.3, -0.25) is 4.79 Å². The SMILES string of the molecule is CC(C)(CCCl)NC(=O)c1cccs1. The van der Waals surface area contributed by atoms with Crippen molar-refractivity contribution < 1.29 is 4.79 Å².